The second-order valence-corrected chi connectivity index (χ2v) is 6.63. The molecule has 1 amide bonds. The monoisotopic (exact) mass is 375 g/mol. The van der Waals surface area contributed by atoms with E-state index >= 15 is 0 Å². The zero-order chi connectivity index (χ0) is 19.8. The lowest BCUT2D eigenvalue weighted by Crippen LogP contribution is -2.24. The number of nitrogens with one attached hydrogen (secondary N) is 2. The summed E-state index contributed by atoms with van der Waals surface area (Å²) in [5.74, 6) is 0.674. The van der Waals surface area contributed by atoms with Crippen molar-refractivity contribution in [2.24, 2.45) is 0 Å². The lowest BCUT2D eigenvalue weighted by Gasteiger charge is -2.09. The topological polar surface area (TPSA) is 63.2 Å². The van der Waals surface area contributed by atoms with Crippen LogP contribution in [-0.4, -0.2) is 24.5 Å². The summed E-state index contributed by atoms with van der Waals surface area (Å²) in [6.45, 7) is 3.28. The van der Waals surface area contributed by atoms with Crippen molar-refractivity contribution < 1.29 is 9.53 Å². The van der Waals surface area contributed by atoms with Gasteiger partial charge in [0.25, 0.3) is 5.91 Å². The van der Waals surface area contributed by atoms with Gasteiger partial charge in [0.1, 0.15) is 11.4 Å². The summed E-state index contributed by atoms with van der Waals surface area (Å²) in [6.07, 6.45) is 2.53. The molecule has 0 aliphatic rings. The maximum absolute atomic E-state index is 12.4. The fourth-order valence-electron chi connectivity index (χ4n) is 2.90. The van der Waals surface area contributed by atoms with E-state index in [1.54, 1.807) is 19.4 Å². The summed E-state index contributed by atoms with van der Waals surface area (Å²) in [6, 6.07) is 19.7. The van der Waals surface area contributed by atoms with Gasteiger partial charge in [-0.1, -0.05) is 42.0 Å². The van der Waals surface area contributed by atoms with Crippen LogP contribution in [0.3, 0.4) is 0 Å². The van der Waals surface area contributed by atoms with Crippen molar-refractivity contribution >= 4 is 11.6 Å². The van der Waals surface area contributed by atoms with Crippen LogP contribution in [0.25, 0.3) is 0 Å². The predicted molar refractivity (Wildman–Crippen MR) is 112 cm³/mol. The summed E-state index contributed by atoms with van der Waals surface area (Å²) in [5.41, 5.74) is 4.75. The first-order valence-corrected chi connectivity index (χ1v) is 9.30. The molecule has 1 heterocycles. The molecule has 0 fully saturated rings. The van der Waals surface area contributed by atoms with E-state index in [4.69, 9.17) is 4.74 Å². The normalized spacial score (nSPS) is 10.4. The number of ether oxygens (including phenoxy) is 1. The fraction of sp³-hybridized carbons (Fsp3) is 0.217. The standard InChI is InChI=1S/C23H25N3O2/c1-17-4-3-5-19(14-17)16-26-23(27)22-15-20(11-13-25-22)24-12-10-18-6-8-21(28-2)9-7-18/h3-9,11,13-15H,10,12,16H2,1-2H3,(H,24,25)(H,26,27). The third-order valence-corrected chi connectivity index (χ3v) is 4.43. The molecule has 0 saturated carbocycles. The van der Waals surface area contributed by atoms with E-state index in [0.29, 0.717) is 12.2 Å². The van der Waals surface area contributed by atoms with Gasteiger partial charge >= 0.3 is 0 Å². The number of carbonyl (C=O) groups excluding carboxylic acids is 1. The number of aromatic nitrogens is 1. The van der Waals surface area contributed by atoms with Crippen molar-refractivity contribution in [2.75, 3.05) is 19.0 Å². The van der Waals surface area contributed by atoms with Crippen molar-refractivity contribution in [3.63, 3.8) is 0 Å². The molecule has 0 radical (unpaired) electrons. The maximum Gasteiger partial charge on any atom is 0.270 e. The summed E-state index contributed by atoms with van der Waals surface area (Å²) in [5, 5.41) is 6.27. The molecule has 2 N–H and O–H groups in total. The first-order chi connectivity index (χ1) is 13.6. The molecular formula is C23H25N3O2. The number of aryl methyl sites for hydroxylation is 1. The number of methoxy groups -OCH3 is 1. The Hall–Kier alpha value is -3.34. The maximum atomic E-state index is 12.4. The Morgan fingerprint density at radius 1 is 1.04 bits per heavy atom. The van der Waals surface area contributed by atoms with Gasteiger partial charge in [0, 0.05) is 25.0 Å². The van der Waals surface area contributed by atoms with E-state index in [0.717, 1.165) is 30.0 Å². The van der Waals surface area contributed by atoms with E-state index in [-0.39, 0.29) is 5.91 Å². The van der Waals surface area contributed by atoms with Crippen molar-refractivity contribution in [1.82, 2.24) is 10.3 Å². The minimum Gasteiger partial charge on any atom is -0.497 e. The molecule has 5 heteroatoms. The molecule has 0 aliphatic carbocycles. The van der Waals surface area contributed by atoms with Gasteiger partial charge in [-0.25, -0.2) is 0 Å². The van der Waals surface area contributed by atoms with Crippen molar-refractivity contribution in [1.29, 1.82) is 0 Å². The van der Waals surface area contributed by atoms with Crippen LogP contribution in [0, 0.1) is 6.92 Å². The summed E-state index contributed by atoms with van der Waals surface area (Å²) >= 11 is 0. The van der Waals surface area contributed by atoms with E-state index in [2.05, 4.69) is 33.8 Å². The van der Waals surface area contributed by atoms with E-state index < -0.39 is 0 Å². The number of amides is 1. The number of hydrogen-bond donors (Lipinski definition) is 2. The molecule has 2 aromatic carbocycles. The third-order valence-electron chi connectivity index (χ3n) is 4.43. The molecule has 0 saturated heterocycles. The second-order valence-electron chi connectivity index (χ2n) is 6.63. The van der Waals surface area contributed by atoms with Crippen LogP contribution in [-0.2, 0) is 13.0 Å². The molecule has 5 nitrogen and oxygen atoms in total. The lowest BCUT2D eigenvalue weighted by atomic mass is 10.1. The van der Waals surface area contributed by atoms with Gasteiger partial charge in [-0.15, -0.1) is 0 Å². The first kappa shape index (κ1) is 19.4. The Morgan fingerprint density at radius 3 is 2.61 bits per heavy atom. The van der Waals surface area contributed by atoms with Crippen LogP contribution in [0.2, 0.25) is 0 Å². The highest BCUT2D eigenvalue weighted by molar-refractivity contribution is 5.93. The molecule has 1 aromatic heterocycles. The van der Waals surface area contributed by atoms with Crippen molar-refractivity contribution in [3.05, 3.63) is 89.2 Å². The molecule has 0 aliphatic heterocycles. The SMILES string of the molecule is COc1ccc(CCNc2ccnc(C(=O)NCc3cccc(C)c3)c2)cc1. The lowest BCUT2D eigenvalue weighted by molar-refractivity contribution is 0.0946. The van der Waals surface area contributed by atoms with Crippen LogP contribution in [0.5, 0.6) is 5.75 Å². The van der Waals surface area contributed by atoms with Crippen molar-refractivity contribution in [3.8, 4) is 5.75 Å². The van der Waals surface area contributed by atoms with Gasteiger partial charge in [-0.2, -0.15) is 0 Å². The Kier molecular flexibility index (Phi) is 6.63. The minimum atomic E-state index is -0.180. The number of anilines is 1. The van der Waals surface area contributed by atoms with E-state index in [9.17, 15) is 4.79 Å². The van der Waals surface area contributed by atoms with Gasteiger partial charge < -0.3 is 15.4 Å². The Labute approximate surface area is 165 Å². The molecular weight excluding hydrogens is 350 g/mol. The molecule has 0 unspecified atom stereocenters. The van der Waals surface area contributed by atoms with Gasteiger partial charge in [-0.3, -0.25) is 9.78 Å². The molecule has 3 rings (SSSR count). The number of rotatable bonds is 8. The largest absolute Gasteiger partial charge is 0.497 e. The number of pyridine rings is 1. The first-order valence-electron chi connectivity index (χ1n) is 9.30. The highest BCUT2D eigenvalue weighted by atomic mass is 16.5. The zero-order valence-electron chi connectivity index (χ0n) is 16.2. The Balaban J connectivity index is 1.51. The van der Waals surface area contributed by atoms with Gasteiger partial charge in [0.05, 0.1) is 7.11 Å². The minimum absolute atomic E-state index is 0.180. The average Bonchev–Trinajstić information content (AvgIpc) is 2.73. The molecule has 0 spiro atoms. The van der Waals surface area contributed by atoms with Crippen LogP contribution in [0.1, 0.15) is 27.2 Å². The average molecular weight is 375 g/mol. The summed E-state index contributed by atoms with van der Waals surface area (Å²) < 4.78 is 5.17. The number of benzene rings is 2. The zero-order valence-corrected chi connectivity index (χ0v) is 16.2. The van der Waals surface area contributed by atoms with Crippen LogP contribution in [0.15, 0.2) is 66.9 Å². The van der Waals surface area contributed by atoms with E-state index in [1.807, 2.05) is 43.3 Å². The Bertz CT molecular complexity index is 923. The highest BCUT2D eigenvalue weighted by Crippen LogP contribution is 2.13. The highest BCUT2D eigenvalue weighted by Gasteiger charge is 2.08. The molecule has 3 aromatic rings. The summed E-state index contributed by atoms with van der Waals surface area (Å²) in [7, 11) is 1.66. The number of nitrogens with zero attached hydrogens (tertiary/aromatic N) is 1. The number of hydrogen-bond acceptors (Lipinski definition) is 4. The van der Waals surface area contributed by atoms with Gasteiger partial charge in [0.15, 0.2) is 0 Å². The van der Waals surface area contributed by atoms with E-state index in [1.165, 1.54) is 11.1 Å². The predicted octanol–water partition coefficient (Wildman–Crippen LogP) is 3.98. The smallest absolute Gasteiger partial charge is 0.270 e. The van der Waals surface area contributed by atoms with Gasteiger partial charge in [-0.05, 0) is 48.7 Å². The Morgan fingerprint density at radius 2 is 1.86 bits per heavy atom. The van der Waals surface area contributed by atoms with Crippen LogP contribution >= 0.6 is 0 Å². The second kappa shape index (κ2) is 9.55. The molecule has 0 atom stereocenters. The summed E-state index contributed by atoms with van der Waals surface area (Å²) in [4.78, 5) is 16.6. The third kappa shape index (κ3) is 5.58. The van der Waals surface area contributed by atoms with Crippen LogP contribution < -0.4 is 15.4 Å². The molecule has 144 valence electrons. The molecule has 28 heavy (non-hydrogen) atoms. The van der Waals surface area contributed by atoms with Crippen molar-refractivity contribution in [2.45, 2.75) is 19.9 Å². The quantitative estimate of drug-likeness (QED) is 0.625. The van der Waals surface area contributed by atoms with Gasteiger partial charge in [0.2, 0.25) is 0 Å². The van der Waals surface area contributed by atoms with Crippen LogP contribution in [0.4, 0.5) is 5.69 Å². The molecule has 0 bridgehead atoms. The fourth-order valence-corrected chi connectivity index (χ4v) is 2.90. The number of carbonyl (C=O) groups is 1.